The van der Waals surface area contributed by atoms with E-state index in [1.807, 2.05) is 13.0 Å². The Morgan fingerprint density at radius 3 is 1.96 bits per heavy atom. The molecule has 0 rings (SSSR count). The van der Waals surface area contributed by atoms with Crippen LogP contribution in [0.15, 0.2) is 36.5 Å². The molecule has 4 heteroatoms. The number of hydrogen-bond acceptors (Lipinski definition) is 3. The maximum Gasteiger partial charge on any atom is 0.220 e. The standard InChI is InChI=1S/C22H39NO3/c1-3-5-7-8-9-10-11-12-13-14-15-16-17-21(25)20(19-24)23-22(26)18-6-4-2/h8-9,12-13,16-17,20-21,24-25H,3-7,10-11,14-15,18-19H2,1-2H3,(H,23,26)/b9-8+,13-12+,17-16+. The third-order valence-corrected chi connectivity index (χ3v) is 4.10. The van der Waals surface area contributed by atoms with Gasteiger partial charge in [-0.3, -0.25) is 4.79 Å². The monoisotopic (exact) mass is 365 g/mol. The van der Waals surface area contributed by atoms with Crippen LogP contribution in [0.3, 0.4) is 0 Å². The number of amides is 1. The second kappa shape index (κ2) is 18.4. The largest absolute Gasteiger partial charge is 0.394 e. The van der Waals surface area contributed by atoms with Crippen molar-refractivity contribution in [2.45, 2.75) is 90.2 Å². The first-order valence-electron chi connectivity index (χ1n) is 10.2. The van der Waals surface area contributed by atoms with Crippen molar-refractivity contribution in [2.75, 3.05) is 6.61 Å². The molecule has 0 spiro atoms. The number of allylic oxidation sites excluding steroid dienone is 5. The van der Waals surface area contributed by atoms with Gasteiger partial charge < -0.3 is 15.5 Å². The van der Waals surface area contributed by atoms with Crippen LogP contribution in [-0.4, -0.2) is 34.9 Å². The minimum absolute atomic E-state index is 0.120. The fourth-order valence-corrected chi connectivity index (χ4v) is 2.40. The summed E-state index contributed by atoms with van der Waals surface area (Å²) in [6.07, 6.45) is 21.4. The van der Waals surface area contributed by atoms with E-state index in [0.717, 1.165) is 38.5 Å². The van der Waals surface area contributed by atoms with E-state index in [0.29, 0.717) is 6.42 Å². The summed E-state index contributed by atoms with van der Waals surface area (Å²) in [5.74, 6) is -0.120. The SMILES string of the molecule is CCCC/C=C/CC/C=C/CC/C=C/C(O)C(CO)NC(=O)CCCC. The Bertz CT molecular complexity index is 416. The van der Waals surface area contributed by atoms with Crippen molar-refractivity contribution in [1.29, 1.82) is 0 Å². The van der Waals surface area contributed by atoms with E-state index in [9.17, 15) is 15.0 Å². The van der Waals surface area contributed by atoms with Gasteiger partial charge in [-0.25, -0.2) is 0 Å². The van der Waals surface area contributed by atoms with Gasteiger partial charge in [-0.15, -0.1) is 0 Å². The van der Waals surface area contributed by atoms with Crippen LogP contribution in [-0.2, 0) is 4.79 Å². The average molecular weight is 366 g/mol. The molecule has 3 N–H and O–H groups in total. The average Bonchev–Trinajstić information content (AvgIpc) is 2.65. The molecule has 0 heterocycles. The number of carbonyl (C=O) groups excluding carboxylic acids is 1. The van der Waals surface area contributed by atoms with Gasteiger partial charge >= 0.3 is 0 Å². The number of nitrogens with one attached hydrogen (secondary N) is 1. The molecule has 0 aromatic carbocycles. The third kappa shape index (κ3) is 14.9. The Kier molecular flexibility index (Phi) is 17.4. The number of rotatable bonds is 16. The van der Waals surface area contributed by atoms with Gasteiger partial charge in [-0.05, 0) is 38.5 Å². The van der Waals surface area contributed by atoms with E-state index < -0.39 is 12.1 Å². The Hall–Kier alpha value is -1.39. The van der Waals surface area contributed by atoms with E-state index in [-0.39, 0.29) is 12.5 Å². The van der Waals surface area contributed by atoms with Crippen LogP contribution in [0.5, 0.6) is 0 Å². The highest BCUT2D eigenvalue weighted by Gasteiger charge is 2.17. The molecule has 150 valence electrons. The first-order valence-corrected chi connectivity index (χ1v) is 10.2. The van der Waals surface area contributed by atoms with Crippen LogP contribution in [0, 0.1) is 0 Å². The third-order valence-electron chi connectivity index (χ3n) is 4.10. The lowest BCUT2D eigenvalue weighted by molar-refractivity contribution is -0.122. The van der Waals surface area contributed by atoms with Crippen LogP contribution in [0.25, 0.3) is 0 Å². The van der Waals surface area contributed by atoms with Gasteiger partial charge in [0.25, 0.3) is 0 Å². The zero-order valence-corrected chi connectivity index (χ0v) is 16.7. The molecular formula is C22H39NO3. The summed E-state index contributed by atoms with van der Waals surface area (Å²) in [6, 6.07) is -0.634. The van der Waals surface area contributed by atoms with Crippen LogP contribution in [0.1, 0.15) is 78.1 Å². The topological polar surface area (TPSA) is 69.6 Å². The second-order valence-electron chi connectivity index (χ2n) is 6.62. The Balaban J connectivity index is 3.88. The van der Waals surface area contributed by atoms with Gasteiger partial charge in [0.2, 0.25) is 5.91 Å². The van der Waals surface area contributed by atoms with Crippen molar-refractivity contribution >= 4 is 5.91 Å². The summed E-state index contributed by atoms with van der Waals surface area (Å²) >= 11 is 0. The summed E-state index contributed by atoms with van der Waals surface area (Å²) in [6.45, 7) is 3.96. The van der Waals surface area contributed by atoms with Crippen molar-refractivity contribution in [2.24, 2.45) is 0 Å². The van der Waals surface area contributed by atoms with Crippen molar-refractivity contribution in [3.05, 3.63) is 36.5 Å². The molecule has 2 unspecified atom stereocenters. The van der Waals surface area contributed by atoms with Crippen LogP contribution >= 0.6 is 0 Å². The van der Waals surface area contributed by atoms with E-state index in [1.54, 1.807) is 6.08 Å². The lowest BCUT2D eigenvalue weighted by atomic mass is 10.1. The molecule has 0 aliphatic heterocycles. The zero-order chi connectivity index (χ0) is 19.5. The molecule has 0 fully saturated rings. The highest BCUT2D eigenvalue weighted by atomic mass is 16.3. The summed E-state index contributed by atoms with van der Waals surface area (Å²) in [4.78, 5) is 11.7. The quantitative estimate of drug-likeness (QED) is 0.280. The van der Waals surface area contributed by atoms with Crippen molar-refractivity contribution < 1.29 is 15.0 Å². The summed E-state index contributed by atoms with van der Waals surface area (Å²) < 4.78 is 0. The number of aliphatic hydroxyl groups is 2. The molecule has 0 aliphatic carbocycles. The highest BCUT2D eigenvalue weighted by molar-refractivity contribution is 5.76. The fraction of sp³-hybridized carbons (Fsp3) is 0.682. The number of aliphatic hydroxyl groups excluding tert-OH is 2. The normalized spacial score (nSPS) is 14.5. The van der Waals surface area contributed by atoms with Crippen LogP contribution < -0.4 is 5.32 Å². The first kappa shape index (κ1) is 24.6. The molecule has 2 atom stereocenters. The van der Waals surface area contributed by atoms with Gasteiger partial charge in [0.05, 0.1) is 18.8 Å². The smallest absolute Gasteiger partial charge is 0.220 e. The molecule has 26 heavy (non-hydrogen) atoms. The lowest BCUT2D eigenvalue weighted by Gasteiger charge is -2.19. The van der Waals surface area contributed by atoms with Gasteiger partial charge in [-0.1, -0.05) is 69.6 Å². The maximum atomic E-state index is 11.7. The van der Waals surface area contributed by atoms with Crippen molar-refractivity contribution in [3.63, 3.8) is 0 Å². The molecule has 0 saturated carbocycles. The Labute approximate surface area is 160 Å². The summed E-state index contributed by atoms with van der Waals surface area (Å²) in [7, 11) is 0. The number of carbonyl (C=O) groups is 1. The molecule has 0 bridgehead atoms. The Morgan fingerprint density at radius 2 is 1.42 bits per heavy atom. The molecule has 0 radical (unpaired) electrons. The Morgan fingerprint density at radius 1 is 0.885 bits per heavy atom. The molecule has 4 nitrogen and oxygen atoms in total. The molecule has 1 amide bonds. The highest BCUT2D eigenvalue weighted by Crippen LogP contribution is 2.03. The maximum absolute atomic E-state index is 11.7. The summed E-state index contributed by atoms with van der Waals surface area (Å²) in [5, 5.41) is 22.1. The minimum Gasteiger partial charge on any atom is -0.394 e. The van der Waals surface area contributed by atoms with Gasteiger partial charge in [0.15, 0.2) is 0 Å². The molecular weight excluding hydrogens is 326 g/mol. The fourth-order valence-electron chi connectivity index (χ4n) is 2.40. The summed E-state index contributed by atoms with van der Waals surface area (Å²) in [5.41, 5.74) is 0. The second-order valence-corrected chi connectivity index (χ2v) is 6.62. The van der Waals surface area contributed by atoms with E-state index in [4.69, 9.17) is 0 Å². The van der Waals surface area contributed by atoms with E-state index in [1.165, 1.54) is 19.3 Å². The predicted molar refractivity (Wildman–Crippen MR) is 110 cm³/mol. The van der Waals surface area contributed by atoms with Crippen LogP contribution in [0.2, 0.25) is 0 Å². The number of unbranched alkanes of at least 4 members (excludes halogenated alkanes) is 5. The van der Waals surface area contributed by atoms with Crippen molar-refractivity contribution in [1.82, 2.24) is 5.32 Å². The van der Waals surface area contributed by atoms with Gasteiger partial charge in [0.1, 0.15) is 0 Å². The van der Waals surface area contributed by atoms with Gasteiger partial charge in [0, 0.05) is 6.42 Å². The number of hydrogen-bond donors (Lipinski definition) is 3. The van der Waals surface area contributed by atoms with Gasteiger partial charge in [-0.2, -0.15) is 0 Å². The molecule has 0 aliphatic rings. The first-order chi connectivity index (χ1) is 12.7. The minimum atomic E-state index is -0.859. The zero-order valence-electron chi connectivity index (χ0n) is 16.7. The van der Waals surface area contributed by atoms with Crippen molar-refractivity contribution in [3.8, 4) is 0 Å². The van der Waals surface area contributed by atoms with Crippen LogP contribution in [0.4, 0.5) is 0 Å². The van der Waals surface area contributed by atoms with E-state index in [2.05, 4.69) is 36.5 Å². The predicted octanol–water partition coefficient (Wildman–Crippen LogP) is 4.43. The molecule has 0 aromatic rings. The molecule has 0 saturated heterocycles. The van der Waals surface area contributed by atoms with E-state index >= 15 is 0 Å². The molecule has 0 aromatic heterocycles. The lowest BCUT2D eigenvalue weighted by Crippen LogP contribution is -2.45.